The summed E-state index contributed by atoms with van der Waals surface area (Å²) in [5.41, 5.74) is -0.993. The summed E-state index contributed by atoms with van der Waals surface area (Å²) in [5.74, 6) is -2.28. The molecule has 0 spiro atoms. The van der Waals surface area contributed by atoms with Crippen molar-refractivity contribution in [2.45, 2.75) is 30.7 Å². The second-order valence-corrected chi connectivity index (χ2v) is 7.97. The minimum absolute atomic E-state index is 0.0770. The summed E-state index contributed by atoms with van der Waals surface area (Å²) in [6.07, 6.45) is -6.99. The lowest BCUT2D eigenvalue weighted by Gasteiger charge is -2.39. The zero-order valence-corrected chi connectivity index (χ0v) is 19.0. The van der Waals surface area contributed by atoms with E-state index in [1.807, 2.05) is 0 Å². The number of benzene rings is 2. The van der Waals surface area contributed by atoms with Crippen molar-refractivity contribution in [2.75, 3.05) is 20.8 Å². The van der Waals surface area contributed by atoms with Crippen molar-refractivity contribution in [1.82, 2.24) is 0 Å². The van der Waals surface area contributed by atoms with Crippen molar-refractivity contribution < 1.29 is 59.1 Å². The van der Waals surface area contributed by atoms with Crippen LogP contribution in [0.15, 0.2) is 33.7 Å². The van der Waals surface area contributed by atoms with E-state index < -0.39 is 60.0 Å². The third-order valence-electron chi connectivity index (χ3n) is 5.82. The number of aromatic hydroxyl groups is 3. The van der Waals surface area contributed by atoms with Gasteiger partial charge in [0, 0.05) is 0 Å². The van der Waals surface area contributed by atoms with Gasteiger partial charge in [0.25, 0.3) is 0 Å². The third-order valence-corrected chi connectivity index (χ3v) is 5.82. The number of rotatable bonds is 6. The van der Waals surface area contributed by atoms with E-state index in [2.05, 4.69) is 0 Å². The van der Waals surface area contributed by atoms with Crippen LogP contribution >= 0.6 is 0 Å². The number of methoxy groups -OCH3 is 2. The summed E-state index contributed by atoms with van der Waals surface area (Å²) in [4.78, 5) is 13.3. The van der Waals surface area contributed by atoms with Gasteiger partial charge in [-0.05, 0) is 23.8 Å². The standard InChI is InChI=1S/C23H24O13/c1-32-21-11(25)3-8(4-12(21)26)10-7-34-20-9(15(10)27)5-13(22(33-2)19(20)31)35-23-18(30)17(29)16(28)14(6-24)36-23/h3-5,7,14,16-18,23-26,28-31H,6H2,1-2H3/t14-,16-,17+,18-,23-/m1/s1. The smallest absolute Gasteiger partial charge is 0.229 e. The maximum Gasteiger partial charge on any atom is 0.229 e. The Morgan fingerprint density at radius 1 is 0.917 bits per heavy atom. The minimum atomic E-state index is -1.77. The molecule has 2 heterocycles. The molecule has 7 N–H and O–H groups in total. The van der Waals surface area contributed by atoms with E-state index >= 15 is 0 Å². The van der Waals surface area contributed by atoms with E-state index in [9.17, 15) is 40.5 Å². The van der Waals surface area contributed by atoms with E-state index in [1.165, 1.54) is 26.4 Å². The van der Waals surface area contributed by atoms with Gasteiger partial charge in [-0.2, -0.15) is 0 Å². The highest BCUT2D eigenvalue weighted by Crippen LogP contribution is 2.44. The predicted molar refractivity (Wildman–Crippen MR) is 120 cm³/mol. The number of ether oxygens (including phenoxy) is 4. The monoisotopic (exact) mass is 508 g/mol. The first-order valence-electron chi connectivity index (χ1n) is 10.6. The Kier molecular flexibility index (Phi) is 6.84. The van der Waals surface area contributed by atoms with Gasteiger partial charge in [-0.25, -0.2) is 0 Å². The number of phenols is 3. The highest BCUT2D eigenvalue weighted by atomic mass is 16.7. The number of hydrogen-bond donors (Lipinski definition) is 7. The average Bonchev–Trinajstić information content (AvgIpc) is 2.85. The summed E-state index contributed by atoms with van der Waals surface area (Å²) in [5, 5.41) is 70.3. The first-order chi connectivity index (χ1) is 17.1. The van der Waals surface area contributed by atoms with Gasteiger partial charge in [-0.15, -0.1) is 0 Å². The molecule has 0 amide bonds. The summed E-state index contributed by atoms with van der Waals surface area (Å²) in [6, 6.07) is 3.48. The molecule has 0 radical (unpaired) electrons. The molecule has 5 atom stereocenters. The van der Waals surface area contributed by atoms with Crippen molar-refractivity contribution in [3.63, 3.8) is 0 Å². The van der Waals surface area contributed by atoms with Crippen LogP contribution in [0, 0.1) is 0 Å². The SMILES string of the molecule is COc1c(O)cc(-c2coc3c(O)c(OC)c(O[C@@H]4O[C@H](CO)[C@@H](O)[C@H](O)[C@H]4O)cc3c2=O)cc1O. The molecule has 1 aromatic heterocycles. The fraction of sp³-hybridized carbons (Fsp3) is 0.348. The lowest BCUT2D eigenvalue weighted by atomic mass is 9.99. The lowest BCUT2D eigenvalue weighted by molar-refractivity contribution is -0.277. The van der Waals surface area contributed by atoms with Crippen LogP contribution in [0.4, 0.5) is 0 Å². The topological polar surface area (TPSA) is 209 Å². The van der Waals surface area contributed by atoms with Crippen LogP contribution in [-0.4, -0.2) is 87.3 Å². The number of phenolic OH excluding ortho intramolecular Hbond substituents is 3. The molecular formula is C23H24O13. The Morgan fingerprint density at radius 3 is 2.14 bits per heavy atom. The number of fused-ring (bicyclic) bond motifs is 1. The highest BCUT2D eigenvalue weighted by Gasteiger charge is 2.45. The number of aliphatic hydroxyl groups excluding tert-OH is 4. The van der Waals surface area contributed by atoms with Crippen molar-refractivity contribution in [3.8, 4) is 45.6 Å². The van der Waals surface area contributed by atoms with Crippen molar-refractivity contribution >= 4 is 11.0 Å². The van der Waals surface area contributed by atoms with Gasteiger partial charge >= 0.3 is 0 Å². The average molecular weight is 508 g/mol. The van der Waals surface area contributed by atoms with Crippen LogP contribution < -0.4 is 19.6 Å². The molecule has 4 rings (SSSR count). The Labute approximate surface area is 202 Å². The van der Waals surface area contributed by atoms with Gasteiger partial charge in [0.05, 0.1) is 31.8 Å². The van der Waals surface area contributed by atoms with E-state index in [-0.39, 0.29) is 39.3 Å². The Bertz CT molecular complexity index is 1310. The minimum Gasteiger partial charge on any atom is -0.504 e. The Morgan fingerprint density at radius 2 is 1.56 bits per heavy atom. The maximum absolute atomic E-state index is 13.3. The van der Waals surface area contributed by atoms with E-state index in [4.69, 9.17) is 23.4 Å². The van der Waals surface area contributed by atoms with Crippen LogP contribution in [0.5, 0.6) is 34.5 Å². The van der Waals surface area contributed by atoms with Gasteiger partial charge in [0.1, 0.15) is 30.7 Å². The molecule has 1 saturated heterocycles. The fourth-order valence-corrected chi connectivity index (χ4v) is 3.95. The fourth-order valence-electron chi connectivity index (χ4n) is 3.95. The van der Waals surface area contributed by atoms with Gasteiger partial charge in [-0.1, -0.05) is 0 Å². The second kappa shape index (κ2) is 9.72. The Hall–Kier alpha value is -3.75. The summed E-state index contributed by atoms with van der Waals surface area (Å²) >= 11 is 0. The molecule has 3 aromatic rings. The molecule has 13 heteroatoms. The molecule has 13 nitrogen and oxygen atoms in total. The quantitative estimate of drug-likeness (QED) is 0.230. The largest absolute Gasteiger partial charge is 0.504 e. The molecule has 194 valence electrons. The molecule has 2 aromatic carbocycles. The van der Waals surface area contributed by atoms with Crippen LogP contribution in [-0.2, 0) is 4.74 Å². The van der Waals surface area contributed by atoms with Crippen LogP contribution in [0.3, 0.4) is 0 Å². The summed E-state index contributed by atoms with van der Waals surface area (Å²) < 4.78 is 26.4. The number of hydrogen-bond acceptors (Lipinski definition) is 13. The highest BCUT2D eigenvalue weighted by molar-refractivity contribution is 5.90. The van der Waals surface area contributed by atoms with Crippen molar-refractivity contribution in [3.05, 3.63) is 34.7 Å². The molecule has 0 saturated carbocycles. The second-order valence-electron chi connectivity index (χ2n) is 7.97. The lowest BCUT2D eigenvalue weighted by Crippen LogP contribution is -2.60. The molecule has 1 fully saturated rings. The van der Waals surface area contributed by atoms with Crippen LogP contribution in [0.25, 0.3) is 22.1 Å². The zero-order chi connectivity index (χ0) is 26.3. The van der Waals surface area contributed by atoms with Gasteiger partial charge in [0.15, 0.2) is 22.8 Å². The first-order valence-corrected chi connectivity index (χ1v) is 10.6. The predicted octanol–water partition coefficient (Wildman–Crippen LogP) is -0.227. The molecule has 0 unspecified atom stereocenters. The first kappa shape index (κ1) is 25.3. The third kappa shape index (κ3) is 4.12. The molecule has 0 bridgehead atoms. The molecule has 0 aliphatic carbocycles. The zero-order valence-electron chi connectivity index (χ0n) is 19.0. The van der Waals surface area contributed by atoms with Crippen molar-refractivity contribution in [2.24, 2.45) is 0 Å². The normalized spacial score (nSPS) is 24.0. The van der Waals surface area contributed by atoms with Crippen LogP contribution in [0.1, 0.15) is 0 Å². The maximum atomic E-state index is 13.3. The van der Waals surface area contributed by atoms with Gasteiger partial charge in [-0.3, -0.25) is 4.79 Å². The van der Waals surface area contributed by atoms with E-state index in [0.29, 0.717) is 0 Å². The van der Waals surface area contributed by atoms with E-state index in [0.717, 1.165) is 12.3 Å². The Balaban J connectivity index is 1.82. The van der Waals surface area contributed by atoms with Crippen LogP contribution in [0.2, 0.25) is 0 Å². The molecular weight excluding hydrogens is 484 g/mol. The van der Waals surface area contributed by atoms with Gasteiger partial charge in [0.2, 0.25) is 29.0 Å². The summed E-state index contributed by atoms with van der Waals surface area (Å²) in [7, 11) is 2.43. The molecule has 36 heavy (non-hydrogen) atoms. The van der Waals surface area contributed by atoms with Crippen molar-refractivity contribution in [1.29, 1.82) is 0 Å². The van der Waals surface area contributed by atoms with Gasteiger partial charge < -0.3 is 59.1 Å². The number of aliphatic hydroxyl groups is 4. The molecule has 1 aliphatic heterocycles. The van der Waals surface area contributed by atoms with E-state index in [1.54, 1.807) is 0 Å². The molecule has 1 aliphatic rings. The summed E-state index contributed by atoms with van der Waals surface area (Å²) in [6.45, 7) is -0.695.